The largest absolute Gasteiger partial charge is 0.476 e. The van der Waals surface area contributed by atoms with Gasteiger partial charge in [0, 0.05) is 12.7 Å². The number of hydrogen-bond donors (Lipinski definition) is 3. The molecule has 1 amide bonds. The van der Waals surface area contributed by atoms with Crippen molar-refractivity contribution in [1.29, 1.82) is 0 Å². The highest BCUT2D eigenvalue weighted by Crippen LogP contribution is 2.17. The maximum atomic E-state index is 12.2. The van der Waals surface area contributed by atoms with E-state index in [0.717, 1.165) is 0 Å². The lowest BCUT2D eigenvalue weighted by Gasteiger charge is -2.12. The summed E-state index contributed by atoms with van der Waals surface area (Å²) in [6.07, 6.45) is 2.89. The van der Waals surface area contributed by atoms with E-state index < -0.39 is 17.9 Å². The van der Waals surface area contributed by atoms with E-state index in [1.54, 1.807) is 26.1 Å². The Bertz CT molecular complexity index is 674. The predicted octanol–water partition coefficient (Wildman–Crippen LogP) is 0.580. The number of hydrogen-bond acceptors (Lipinski definition) is 5. The molecule has 0 spiro atoms. The van der Waals surface area contributed by atoms with Gasteiger partial charge in [0.1, 0.15) is 11.9 Å². The van der Waals surface area contributed by atoms with Crippen molar-refractivity contribution in [1.82, 2.24) is 19.6 Å². The van der Waals surface area contributed by atoms with Crippen LogP contribution >= 0.6 is 0 Å². The van der Waals surface area contributed by atoms with Crippen LogP contribution in [0.4, 0.5) is 11.5 Å². The average Bonchev–Trinajstić information content (AvgIpc) is 3.03. The molecule has 2 heterocycles. The van der Waals surface area contributed by atoms with E-state index in [9.17, 15) is 14.7 Å². The zero-order valence-electron chi connectivity index (χ0n) is 11.6. The van der Waals surface area contributed by atoms with E-state index in [4.69, 9.17) is 5.73 Å². The van der Waals surface area contributed by atoms with Crippen molar-refractivity contribution in [3.8, 4) is 0 Å². The van der Waals surface area contributed by atoms with Gasteiger partial charge >= 0.3 is 5.97 Å². The monoisotopic (exact) mass is 292 g/mol. The van der Waals surface area contributed by atoms with E-state index in [-0.39, 0.29) is 11.4 Å². The number of carbonyl (C=O) groups excluding carboxylic acids is 1. The van der Waals surface area contributed by atoms with Crippen molar-refractivity contribution in [2.75, 3.05) is 11.1 Å². The summed E-state index contributed by atoms with van der Waals surface area (Å²) in [6, 6.07) is 0.940. The SMILES string of the molecule is CCn1ncc(NC(=O)C(C)n2ccc(N)n2)c1C(=O)O. The van der Waals surface area contributed by atoms with Crippen LogP contribution in [0.3, 0.4) is 0 Å². The van der Waals surface area contributed by atoms with Crippen molar-refractivity contribution in [2.45, 2.75) is 26.4 Å². The number of carbonyl (C=O) groups is 2. The molecule has 2 aromatic heterocycles. The van der Waals surface area contributed by atoms with Crippen molar-refractivity contribution in [3.63, 3.8) is 0 Å². The van der Waals surface area contributed by atoms with Crippen LogP contribution in [-0.4, -0.2) is 36.5 Å². The second kappa shape index (κ2) is 5.65. The molecule has 0 radical (unpaired) electrons. The van der Waals surface area contributed by atoms with Crippen LogP contribution in [0.25, 0.3) is 0 Å². The Balaban J connectivity index is 2.20. The Morgan fingerprint density at radius 1 is 1.52 bits per heavy atom. The second-order valence-electron chi connectivity index (χ2n) is 4.41. The van der Waals surface area contributed by atoms with Crippen LogP contribution in [0.5, 0.6) is 0 Å². The van der Waals surface area contributed by atoms with Crippen molar-refractivity contribution in [3.05, 3.63) is 24.2 Å². The summed E-state index contributed by atoms with van der Waals surface area (Å²) in [4.78, 5) is 23.4. The predicted molar refractivity (Wildman–Crippen MR) is 74.8 cm³/mol. The third kappa shape index (κ3) is 2.86. The number of aromatic nitrogens is 4. The quantitative estimate of drug-likeness (QED) is 0.739. The zero-order valence-corrected chi connectivity index (χ0v) is 11.6. The Labute approximate surface area is 120 Å². The molecule has 4 N–H and O–H groups in total. The van der Waals surface area contributed by atoms with Gasteiger partial charge in [0.25, 0.3) is 0 Å². The zero-order chi connectivity index (χ0) is 15.6. The molecule has 9 heteroatoms. The van der Waals surface area contributed by atoms with Gasteiger partial charge in [-0.25, -0.2) is 4.79 Å². The van der Waals surface area contributed by atoms with E-state index in [1.165, 1.54) is 15.6 Å². The van der Waals surface area contributed by atoms with E-state index in [1.807, 2.05) is 0 Å². The molecule has 2 aromatic rings. The molecular weight excluding hydrogens is 276 g/mol. The second-order valence-corrected chi connectivity index (χ2v) is 4.41. The molecule has 0 bridgehead atoms. The topological polar surface area (TPSA) is 128 Å². The molecule has 0 aromatic carbocycles. The van der Waals surface area contributed by atoms with Crippen LogP contribution in [-0.2, 0) is 11.3 Å². The summed E-state index contributed by atoms with van der Waals surface area (Å²) >= 11 is 0. The van der Waals surface area contributed by atoms with Crippen LogP contribution in [0.2, 0.25) is 0 Å². The number of nitrogens with two attached hydrogens (primary N) is 1. The Morgan fingerprint density at radius 3 is 2.76 bits per heavy atom. The first kappa shape index (κ1) is 14.6. The summed E-state index contributed by atoms with van der Waals surface area (Å²) in [5, 5.41) is 19.6. The minimum absolute atomic E-state index is 0.0574. The standard InChI is InChI=1S/C12H16N6O3/c1-3-17-10(12(20)21)8(6-14-17)15-11(19)7(2)18-5-4-9(13)16-18/h4-7H,3H2,1-2H3,(H2,13,16)(H,15,19)(H,20,21). The fourth-order valence-electron chi connectivity index (χ4n) is 1.87. The summed E-state index contributed by atoms with van der Waals surface area (Å²) in [5.74, 6) is -1.25. The number of nitrogen functional groups attached to an aromatic ring is 1. The molecule has 0 aliphatic carbocycles. The van der Waals surface area contributed by atoms with Crippen LogP contribution < -0.4 is 11.1 Å². The van der Waals surface area contributed by atoms with Gasteiger partial charge in [0.15, 0.2) is 5.69 Å². The van der Waals surface area contributed by atoms with Crippen LogP contribution in [0.15, 0.2) is 18.5 Å². The molecule has 1 atom stereocenters. The number of rotatable bonds is 5. The number of carboxylic acids is 1. The van der Waals surface area contributed by atoms with Gasteiger partial charge in [-0.15, -0.1) is 0 Å². The fourth-order valence-corrected chi connectivity index (χ4v) is 1.87. The van der Waals surface area contributed by atoms with Crippen LogP contribution in [0, 0.1) is 0 Å². The number of amides is 1. The minimum atomic E-state index is -1.15. The van der Waals surface area contributed by atoms with E-state index >= 15 is 0 Å². The highest BCUT2D eigenvalue weighted by Gasteiger charge is 2.22. The molecule has 0 saturated carbocycles. The molecule has 0 aliphatic heterocycles. The first-order valence-electron chi connectivity index (χ1n) is 6.34. The Kier molecular flexibility index (Phi) is 3.92. The summed E-state index contributed by atoms with van der Waals surface area (Å²) in [6.45, 7) is 3.79. The number of anilines is 2. The molecule has 0 fully saturated rings. The minimum Gasteiger partial charge on any atom is -0.476 e. The van der Waals surface area contributed by atoms with Gasteiger partial charge in [-0.3, -0.25) is 14.2 Å². The number of carboxylic acid groups (broad SMARTS) is 1. The van der Waals surface area contributed by atoms with Crippen molar-refractivity contribution < 1.29 is 14.7 Å². The van der Waals surface area contributed by atoms with Gasteiger partial charge < -0.3 is 16.2 Å². The fraction of sp³-hybridized carbons (Fsp3) is 0.333. The summed E-state index contributed by atoms with van der Waals surface area (Å²) < 4.78 is 2.70. The lowest BCUT2D eigenvalue weighted by Crippen LogP contribution is -2.25. The number of nitrogens with zero attached hydrogens (tertiary/aromatic N) is 4. The normalized spacial score (nSPS) is 12.1. The highest BCUT2D eigenvalue weighted by atomic mass is 16.4. The number of nitrogens with one attached hydrogen (secondary N) is 1. The highest BCUT2D eigenvalue weighted by molar-refractivity contribution is 6.00. The van der Waals surface area contributed by atoms with Crippen molar-refractivity contribution in [2.24, 2.45) is 0 Å². The molecular formula is C12H16N6O3. The lowest BCUT2D eigenvalue weighted by atomic mass is 10.3. The van der Waals surface area contributed by atoms with Crippen molar-refractivity contribution >= 4 is 23.4 Å². The molecule has 21 heavy (non-hydrogen) atoms. The summed E-state index contributed by atoms with van der Waals surface area (Å²) in [5.41, 5.74) is 5.60. The van der Waals surface area contributed by atoms with E-state index in [0.29, 0.717) is 12.4 Å². The van der Waals surface area contributed by atoms with Gasteiger partial charge in [-0.05, 0) is 19.9 Å². The smallest absolute Gasteiger partial charge is 0.356 e. The van der Waals surface area contributed by atoms with Gasteiger partial charge in [-0.2, -0.15) is 10.2 Å². The average molecular weight is 292 g/mol. The maximum absolute atomic E-state index is 12.2. The maximum Gasteiger partial charge on any atom is 0.356 e. The number of aromatic carboxylic acids is 1. The van der Waals surface area contributed by atoms with E-state index in [2.05, 4.69) is 15.5 Å². The molecule has 1 unspecified atom stereocenters. The first-order valence-corrected chi connectivity index (χ1v) is 6.34. The Morgan fingerprint density at radius 2 is 2.24 bits per heavy atom. The molecule has 112 valence electrons. The molecule has 0 saturated heterocycles. The lowest BCUT2D eigenvalue weighted by molar-refractivity contribution is -0.119. The van der Waals surface area contributed by atoms with Gasteiger partial charge in [0.05, 0.1) is 11.9 Å². The third-order valence-corrected chi connectivity index (χ3v) is 3.00. The van der Waals surface area contributed by atoms with Crippen LogP contribution in [0.1, 0.15) is 30.4 Å². The Hall–Kier alpha value is -2.84. The number of aryl methyl sites for hydroxylation is 1. The third-order valence-electron chi connectivity index (χ3n) is 3.00. The molecule has 2 rings (SSSR count). The van der Waals surface area contributed by atoms with Gasteiger partial charge in [0.2, 0.25) is 5.91 Å². The molecule has 9 nitrogen and oxygen atoms in total. The summed E-state index contributed by atoms with van der Waals surface area (Å²) in [7, 11) is 0. The molecule has 0 aliphatic rings. The first-order chi connectivity index (χ1) is 9.93. The van der Waals surface area contributed by atoms with Gasteiger partial charge in [-0.1, -0.05) is 0 Å².